The summed E-state index contributed by atoms with van der Waals surface area (Å²) in [6.45, 7) is 7.08. The molecule has 0 heterocycles. The van der Waals surface area contributed by atoms with Crippen LogP contribution >= 0.6 is 0 Å². The molecule has 84 valence electrons. The van der Waals surface area contributed by atoms with Gasteiger partial charge in [0.05, 0.1) is 0 Å². The van der Waals surface area contributed by atoms with Gasteiger partial charge in [0.15, 0.2) is 0 Å². The average Bonchev–Trinajstić information content (AvgIpc) is 2.15. The fraction of sp³-hybridized carbons (Fsp3) is 1.00. The highest BCUT2D eigenvalue weighted by molar-refractivity contribution is 4.95. The Kier molecular flexibility index (Phi) is 3.96. The summed E-state index contributed by atoms with van der Waals surface area (Å²) in [6, 6.07) is 1.28. The Hall–Kier alpha value is -0.0800. The lowest BCUT2D eigenvalue weighted by Crippen LogP contribution is -2.55. The van der Waals surface area contributed by atoms with Crippen molar-refractivity contribution in [3.05, 3.63) is 0 Å². The molecule has 3 atom stereocenters. The van der Waals surface area contributed by atoms with Gasteiger partial charge < -0.3 is 10.6 Å². The summed E-state index contributed by atoms with van der Waals surface area (Å²) < 4.78 is 0. The van der Waals surface area contributed by atoms with Crippen LogP contribution in [0.3, 0.4) is 0 Å². The molecule has 1 rings (SSSR count). The second-order valence-corrected chi connectivity index (χ2v) is 5.61. The molecule has 2 heteroatoms. The minimum atomic E-state index is 0.420. The fourth-order valence-corrected chi connectivity index (χ4v) is 2.90. The van der Waals surface area contributed by atoms with Crippen LogP contribution in [-0.2, 0) is 0 Å². The van der Waals surface area contributed by atoms with Crippen molar-refractivity contribution < 1.29 is 0 Å². The molecule has 14 heavy (non-hydrogen) atoms. The molecule has 2 unspecified atom stereocenters. The van der Waals surface area contributed by atoms with Crippen LogP contribution in [0.25, 0.3) is 0 Å². The van der Waals surface area contributed by atoms with Gasteiger partial charge in [-0.25, -0.2) is 0 Å². The van der Waals surface area contributed by atoms with Gasteiger partial charge in [0.25, 0.3) is 0 Å². The van der Waals surface area contributed by atoms with Crippen LogP contribution in [0.4, 0.5) is 0 Å². The monoisotopic (exact) mass is 198 g/mol. The summed E-state index contributed by atoms with van der Waals surface area (Å²) >= 11 is 0. The summed E-state index contributed by atoms with van der Waals surface area (Å²) in [4.78, 5) is 0. The van der Waals surface area contributed by atoms with Gasteiger partial charge in [-0.15, -0.1) is 0 Å². The molecule has 0 radical (unpaired) electrons. The van der Waals surface area contributed by atoms with Crippen molar-refractivity contribution in [3.63, 3.8) is 0 Å². The first kappa shape index (κ1) is 12.0. The molecule has 0 amide bonds. The SMILES string of the molecule is CNC1C(C(C)(C)C)CCC[C@H]1NC. The van der Waals surface area contributed by atoms with Gasteiger partial charge in [0.1, 0.15) is 0 Å². The van der Waals surface area contributed by atoms with Gasteiger partial charge >= 0.3 is 0 Å². The molecule has 0 bridgehead atoms. The minimum Gasteiger partial charge on any atom is -0.315 e. The molecular weight excluding hydrogens is 172 g/mol. The van der Waals surface area contributed by atoms with Gasteiger partial charge in [-0.2, -0.15) is 0 Å². The number of hydrogen-bond donors (Lipinski definition) is 2. The highest BCUT2D eigenvalue weighted by Crippen LogP contribution is 2.37. The van der Waals surface area contributed by atoms with Crippen molar-refractivity contribution in [1.29, 1.82) is 0 Å². The quantitative estimate of drug-likeness (QED) is 0.709. The zero-order valence-corrected chi connectivity index (χ0v) is 10.4. The van der Waals surface area contributed by atoms with E-state index in [9.17, 15) is 0 Å². The maximum Gasteiger partial charge on any atom is 0.0251 e. The maximum atomic E-state index is 3.50. The largest absolute Gasteiger partial charge is 0.315 e. The molecule has 1 fully saturated rings. The summed E-state index contributed by atoms with van der Waals surface area (Å²) in [7, 11) is 4.18. The molecule has 0 aliphatic heterocycles. The zero-order valence-electron chi connectivity index (χ0n) is 10.4. The van der Waals surface area contributed by atoms with Crippen LogP contribution in [0, 0.1) is 11.3 Å². The summed E-state index contributed by atoms with van der Waals surface area (Å²) in [6.07, 6.45) is 4.05. The van der Waals surface area contributed by atoms with E-state index in [1.807, 2.05) is 0 Å². The van der Waals surface area contributed by atoms with Gasteiger partial charge in [-0.1, -0.05) is 27.2 Å². The van der Waals surface area contributed by atoms with E-state index in [-0.39, 0.29) is 0 Å². The van der Waals surface area contributed by atoms with Crippen LogP contribution in [0.5, 0.6) is 0 Å². The van der Waals surface area contributed by atoms with Crippen molar-refractivity contribution >= 4 is 0 Å². The number of nitrogens with one attached hydrogen (secondary N) is 2. The minimum absolute atomic E-state index is 0.420. The molecule has 0 aromatic heterocycles. The molecule has 0 saturated heterocycles. The predicted molar refractivity (Wildman–Crippen MR) is 62.5 cm³/mol. The Bertz CT molecular complexity index is 172. The number of rotatable bonds is 2. The van der Waals surface area contributed by atoms with Crippen LogP contribution in [0.1, 0.15) is 40.0 Å². The van der Waals surface area contributed by atoms with Crippen LogP contribution in [-0.4, -0.2) is 26.2 Å². The molecule has 0 aromatic carbocycles. The van der Waals surface area contributed by atoms with Crippen molar-refractivity contribution in [1.82, 2.24) is 10.6 Å². The number of likely N-dealkylation sites (N-methyl/N-ethyl adjacent to an activating group) is 2. The van der Waals surface area contributed by atoms with Crippen molar-refractivity contribution in [2.45, 2.75) is 52.1 Å². The van der Waals surface area contributed by atoms with Crippen LogP contribution in [0.15, 0.2) is 0 Å². The van der Waals surface area contributed by atoms with E-state index in [2.05, 4.69) is 45.5 Å². The second-order valence-electron chi connectivity index (χ2n) is 5.61. The molecule has 2 N–H and O–H groups in total. The number of hydrogen-bond acceptors (Lipinski definition) is 2. The average molecular weight is 198 g/mol. The predicted octanol–water partition coefficient (Wildman–Crippen LogP) is 2.01. The standard InChI is InChI=1S/C12H26N2/c1-12(2,3)9-7-6-8-10(13-4)11(9)14-5/h9-11,13-14H,6-8H2,1-5H3/t9?,10-,11?/m1/s1. The molecular formula is C12H26N2. The Balaban J connectivity index is 2.73. The third kappa shape index (κ3) is 2.48. The Morgan fingerprint density at radius 3 is 2.07 bits per heavy atom. The second kappa shape index (κ2) is 4.63. The highest BCUT2D eigenvalue weighted by atomic mass is 15.0. The molecule has 0 spiro atoms. The zero-order chi connectivity index (χ0) is 10.8. The molecule has 2 nitrogen and oxygen atoms in total. The molecule has 0 aromatic rings. The normalized spacial score (nSPS) is 34.5. The van der Waals surface area contributed by atoms with E-state index < -0.39 is 0 Å². The van der Waals surface area contributed by atoms with Gasteiger partial charge in [-0.05, 0) is 38.3 Å². The Morgan fingerprint density at radius 2 is 1.64 bits per heavy atom. The van der Waals surface area contributed by atoms with E-state index in [0.29, 0.717) is 17.5 Å². The van der Waals surface area contributed by atoms with Gasteiger partial charge in [0, 0.05) is 12.1 Å². The van der Waals surface area contributed by atoms with Crippen molar-refractivity contribution in [2.24, 2.45) is 11.3 Å². The first-order valence-corrected chi connectivity index (χ1v) is 5.85. The van der Waals surface area contributed by atoms with Crippen LogP contribution in [0.2, 0.25) is 0 Å². The van der Waals surface area contributed by atoms with E-state index in [0.717, 1.165) is 5.92 Å². The van der Waals surface area contributed by atoms with Crippen molar-refractivity contribution in [2.75, 3.05) is 14.1 Å². The first-order valence-electron chi connectivity index (χ1n) is 5.85. The maximum absolute atomic E-state index is 3.50. The molecule has 1 aliphatic rings. The van der Waals surface area contributed by atoms with Gasteiger partial charge in [-0.3, -0.25) is 0 Å². The highest BCUT2D eigenvalue weighted by Gasteiger charge is 2.37. The van der Waals surface area contributed by atoms with E-state index in [1.54, 1.807) is 0 Å². The van der Waals surface area contributed by atoms with E-state index in [1.165, 1.54) is 19.3 Å². The molecule has 1 saturated carbocycles. The smallest absolute Gasteiger partial charge is 0.0251 e. The topological polar surface area (TPSA) is 24.1 Å². The summed E-state index contributed by atoms with van der Waals surface area (Å²) in [5, 5.41) is 6.94. The van der Waals surface area contributed by atoms with Crippen molar-refractivity contribution in [3.8, 4) is 0 Å². The molecule has 1 aliphatic carbocycles. The lowest BCUT2D eigenvalue weighted by atomic mass is 9.68. The lowest BCUT2D eigenvalue weighted by molar-refractivity contribution is 0.111. The third-order valence-electron chi connectivity index (χ3n) is 3.71. The summed E-state index contributed by atoms with van der Waals surface area (Å²) in [5.41, 5.74) is 0.420. The van der Waals surface area contributed by atoms with Crippen LogP contribution < -0.4 is 10.6 Å². The Labute approximate surface area is 88.8 Å². The van der Waals surface area contributed by atoms with Gasteiger partial charge in [0.2, 0.25) is 0 Å². The van der Waals surface area contributed by atoms with E-state index in [4.69, 9.17) is 0 Å². The lowest BCUT2D eigenvalue weighted by Gasteiger charge is -2.44. The first-order chi connectivity index (χ1) is 6.50. The van der Waals surface area contributed by atoms with E-state index >= 15 is 0 Å². The third-order valence-corrected chi connectivity index (χ3v) is 3.71. The summed E-state index contributed by atoms with van der Waals surface area (Å²) in [5.74, 6) is 0.790. The fourth-order valence-electron chi connectivity index (χ4n) is 2.90. The Morgan fingerprint density at radius 1 is 1.00 bits per heavy atom.